The second-order valence-corrected chi connectivity index (χ2v) is 9.53. The minimum atomic E-state index is -0.0716. The lowest BCUT2D eigenvalue weighted by Gasteiger charge is -2.29. The molecule has 0 radical (unpaired) electrons. The van der Waals surface area contributed by atoms with E-state index < -0.39 is 0 Å². The van der Waals surface area contributed by atoms with Crippen molar-refractivity contribution in [3.63, 3.8) is 0 Å². The van der Waals surface area contributed by atoms with Gasteiger partial charge < -0.3 is 14.8 Å². The van der Waals surface area contributed by atoms with Gasteiger partial charge in [0.15, 0.2) is 0 Å². The van der Waals surface area contributed by atoms with E-state index in [0.717, 1.165) is 58.2 Å². The molecule has 0 bridgehead atoms. The number of thiazole rings is 1. The number of aromatic nitrogens is 1. The van der Waals surface area contributed by atoms with Gasteiger partial charge in [-0.05, 0) is 56.9 Å². The van der Waals surface area contributed by atoms with E-state index in [1.807, 2.05) is 18.9 Å². The Morgan fingerprint density at radius 3 is 2.90 bits per heavy atom. The standard InChI is InChI=1S/C23H30N4O3S/c1-14(13-27(24-4)19-5-7-29-8-6-19)17-9-20-23(31-16(3)26-20)21(10-17)30-15(2)18-11-22(28)25-12-18/h9-10,13,15,18-19H,4-8,11-12H2,1-3H3,(H,25,28). The molecule has 1 amide bonds. The summed E-state index contributed by atoms with van der Waals surface area (Å²) >= 11 is 1.63. The molecule has 166 valence electrons. The minimum Gasteiger partial charge on any atom is -0.489 e. The fourth-order valence-electron chi connectivity index (χ4n) is 4.17. The Hall–Kier alpha value is -2.45. The molecular weight excluding hydrogens is 412 g/mol. The minimum absolute atomic E-state index is 0.0716. The van der Waals surface area contributed by atoms with Crippen LogP contribution in [0.25, 0.3) is 15.8 Å². The van der Waals surface area contributed by atoms with Crippen molar-refractivity contribution >= 4 is 39.8 Å². The van der Waals surface area contributed by atoms with Gasteiger partial charge in [-0.1, -0.05) is 0 Å². The van der Waals surface area contributed by atoms with Gasteiger partial charge in [0, 0.05) is 45.0 Å². The molecule has 2 saturated heterocycles. The number of nitrogens with zero attached hydrogens (tertiary/aromatic N) is 3. The molecule has 0 spiro atoms. The lowest BCUT2D eigenvalue weighted by atomic mass is 10.0. The fourth-order valence-corrected chi connectivity index (χ4v) is 5.02. The average molecular weight is 443 g/mol. The normalized spacial score (nSPS) is 21.2. The lowest BCUT2D eigenvalue weighted by molar-refractivity contribution is -0.119. The molecule has 31 heavy (non-hydrogen) atoms. The van der Waals surface area contributed by atoms with Crippen LogP contribution in [0.1, 0.15) is 43.7 Å². The van der Waals surface area contributed by atoms with Gasteiger partial charge in [-0.2, -0.15) is 5.10 Å². The predicted molar refractivity (Wildman–Crippen MR) is 124 cm³/mol. The maximum Gasteiger partial charge on any atom is 0.220 e. The number of nitrogens with one attached hydrogen (secondary N) is 1. The van der Waals surface area contributed by atoms with Crippen molar-refractivity contribution in [3.8, 4) is 5.75 Å². The van der Waals surface area contributed by atoms with Crippen LogP contribution in [0.15, 0.2) is 23.4 Å². The van der Waals surface area contributed by atoms with E-state index in [0.29, 0.717) is 19.0 Å². The summed E-state index contributed by atoms with van der Waals surface area (Å²) in [6, 6.07) is 4.49. The summed E-state index contributed by atoms with van der Waals surface area (Å²) in [5.74, 6) is 1.09. The first-order valence-corrected chi connectivity index (χ1v) is 11.6. The van der Waals surface area contributed by atoms with Crippen molar-refractivity contribution < 1.29 is 14.3 Å². The van der Waals surface area contributed by atoms with E-state index in [4.69, 9.17) is 14.5 Å². The van der Waals surface area contributed by atoms with Crippen LogP contribution >= 0.6 is 11.3 Å². The van der Waals surface area contributed by atoms with E-state index in [1.165, 1.54) is 0 Å². The molecule has 7 nitrogen and oxygen atoms in total. The maximum atomic E-state index is 11.6. The van der Waals surface area contributed by atoms with Crippen LogP contribution in [-0.4, -0.2) is 54.5 Å². The summed E-state index contributed by atoms with van der Waals surface area (Å²) < 4.78 is 12.9. The topological polar surface area (TPSA) is 76.0 Å². The van der Waals surface area contributed by atoms with Gasteiger partial charge in [0.1, 0.15) is 11.9 Å². The van der Waals surface area contributed by atoms with Crippen LogP contribution in [-0.2, 0) is 9.53 Å². The summed E-state index contributed by atoms with van der Waals surface area (Å²) in [5.41, 5.74) is 3.04. The number of hydrogen-bond acceptors (Lipinski definition) is 7. The van der Waals surface area contributed by atoms with Crippen LogP contribution in [0.5, 0.6) is 5.75 Å². The van der Waals surface area contributed by atoms with Crippen LogP contribution in [0, 0.1) is 12.8 Å². The molecule has 2 atom stereocenters. The summed E-state index contributed by atoms with van der Waals surface area (Å²) in [6.07, 6.45) is 4.37. The Labute approximate surface area is 187 Å². The van der Waals surface area contributed by atoms with Crippen molar-refractivity contribution in [2.45, 2.75) is 52.2 Å². The zero-order chi connectivity index (χ0) is 22.0. The third-order valence-corrected chi connectivity index (χ3v) is 7.06. The molecule has 3 heterocycles. The van der Waals surface area contributed by atoms with Gasteiger partial charge in [-0.3, -0.25) is 9.80 Å². The van der Waals surface area contributed by atoms with Crippen molar-refractivity contribution in [1.82, 2.24) is 15.3 Å². The Morgan fingerprint density at radius 1 is 1.45 bits per heavy atom. The van der Waals surface area contributed by atoms with E-state index in [9.17, 15) is 4.79 Å². The quantitative estimate of drug-likeness (QED) is 0.519. The summed E-state index contributed by atoms with van der Waals surface area (Å²) in [4.78, 5) is 16.3. The molecule has 0 aliphatic carbocycles. The van der Waals surface area contributed by atoms with Crippen LogP contribution in [0.4, 0.5) is 0 Å². The number of amides is 1. The second-order valence-electron chi connectivity index (χ2n) is 8.32. The van der Waals surface area contributed by atoms with Crippen LogP contribution in [0.2, 0.25) is 0 Å². The third-order valence-electron chi connectivity index (χ3n) is 6.06. The third kappa shape index (κ3) is 4.91. The monoisotopic (exact) mass is 442 g/mol. The first-order valence-electron chi connectivity index (χ1n) is 10.8. The maximum absolute atomic E-state index is 11.6. The summed E-state index contributed by atoms with van der Waals surface area (Å²) in [7, 11) is 0. The van der Waals surface area contributed by atoms with E-state index >= 15 is 0 Å². The first kappa shape index (κ1) is 21.8. The van der Waals surface area contributed by atoms with Crippen LogP contribution < -0.4 is 10.1 Å². The van der Waals surface area contributed by atoms with E-state index in [1.54, 1.807) is 11.3 Å². The van der Waals surface area contributed by atoms with Gasteiger partial charge in [0.2, 0.25) is 5.91 Å². The van der Waals surface area contributed by atoms with Crippen molar-refractivity contribution in [2.75, 3.05) is 19.8 Å². The van der Waals surface area contributed by atoms with Crippen molar-refractivity contribution in [1.29, 1.82) is 0 Å². The number of hydrogen-bond donors (Lipinski definition) is 1. The van der Waals surface area contributed by atoms with Gasteiger partial charge in [-0.25, -0.2) is 4.98 Å². The van der Waals surface area contributed by atoms with Gasteiger partial charge >= 0.3 is 0 Å². The molecule has 1 N–H and O–H groups in total. The Balaban J connectivity index is 1.63. The van der Waals surface area contributed by atoms with E-state index in [-0.39, 0.29) is 17.9 Å². The Kier molecular flexibility index (Phi) is 6.57. The highest BCUT2D eigenvalue weighted by molar-refractivity contribution is 7.18. The number of ether oxygens (including phenoxy) is 2. The number of allylic oxidation sites excluding steroid dienone is 1. The molecule has 0 saturated carbocycles. The van der Waals surface area contributed by atoms with Crippen LogP contribution in [0.3, 0.4) is 0 Å². The molecule has 2 unspecified atom stereocenters. The highest BCUT2D eigenvalue weighted by atomic mass is 32.1. The lowest BCUT2D eigenvalue weighted by Crippen LogP contribution is -2.32. The molecule has 1 aromatic heterocycles. The Bertz CT molecular complexity index is 996. The number of carbonyl (C=O) groups excluding carboxylic acids is 1. The molecule has 1 aromatic carbocycles. The van der Waals surface area contributed by atoms with Gasteiger partial charge in [0.05, 0.1) is 21.3 Å². The molecule has 2 aliphatic rings. The molecular formula is C23H30N4O3S. The molecule has 4 rings (SSSR count). The molecule has 2 aromatic rings. The fraction of sp³-hybridized carbons (Fsp3) is 0.522. The SMILES string of the molecule is C=NN(C=C(C)c1cc(OC(C)C2CNC(=O)C2)c2sc(C)nc2c1)C1CCOCC1. The Morgan fingerprint density at radius 2 is 2.23 bits per heavy atom. The first-order chi connectivity index (χ1) is 14.9. The molecule has 2 fully saturated rings. The predicted octanol–water partition coefficient (Wildman–Crippen LogP) is 3.97. The highest BCUT2D eigenvalue weighted by Gasteiger charge is 2.28. The average Bonchev–Trinajstić information content (AvgIpc) is 3.37. The molecule has 8 heteroatoms. The number of rotatable bonds is 7. The summed E-state index contributed by atoms with van der Waals surface area (Å²) in [5, 5.41) is 10.1. The number of fused-ring (bicyclic) bond motifs is 1. The zero-order valence-corrected chi connectivity index (χ0v) is 19.2. The number of carbonyl (C=O) groups is 1. The number of aryl methyl sites for hydroxylation is 1. The highest BCUT2D eigenvalue weighted by Crippen LogP contribution is 2.36. The second kappa shape index (κ2) is 9.36. The smallest absolute Gasteiger partial charge is 0.220 e. The van der Waals surface area contributed by atoms with Gasteiger partial charge in [-0.15, -0.1) is 11.3 Å². The number of benzene rings is 1. The number of hydrazone groups is 1. The summed E-state index contributed by atoms with van der Waals surface area (Å²) in [6.45, 7) is 12.0. The van der Waals surface area contributed by atoms with E-state index in [2.05, 4.69) is 42.4 Å². The largest absolute Gasteiger partial charge is 0.489 e. The zero-order valence-electron chi connectivity index (χ0n) is 18.4. The van der Waals surface area contributed by atoms with Gasteiger partial charge in [0.25, 0.3) is 0 Å². The van der Waals surface area contributed by atoms with Crippen molar-refractivity contribution in [2.24, 2.45) is 11.0 Å². The molecule has 2 aliphatic heterocycles. The van der Waals surface area contributed by atoms with Crippen molar-refractivity contribution in [3.05, 3.63) is 28.9 Å².